The van der Waals surface area contributed by atoms with Gasteiger partial charge in [-0.05, 0) is 29.6 Å². The van der Waals surface area contributed by atoms with Crippen LogP contribution in [0.2, 0.25) is 0 Å². The van der Waals surface area contributed by atoms with Gasteiger partial charge in [0, 0.05) is 37.2 Å². The molecule has 1 N–H and O–H groups in total. The van der Waals surface area contributed by atoms with Crippen LogP contribution in [0.15, 0.2) is 46.1 Å². The standard InChI is InChI=1S/C21H17ClFN3O2S/c22-19-12(11-28-17-4-3-13(23)8-14(17)19)9-26-6-5-16-15(10-26)21(27)25-20(24-16)18-2-1-7-29-18/h1-4,7-8H,5-6,9-11H2,(H,24,25,27). The van der Waals surface area contributed by atoms with Crippen molar-refractivity contribution in [1.82, 2.24) is 14.9 Å². The van der Waals surface area contributed by atoms with Crippen molar-refractivity contribution in [3.63, 3.8) is 0 Å². The highest BCUT2D eigenvalue weighted by Gasteiger charge is 2.25. The summed E-state index contributed by atoms with van der Waals surface area (Å²) in [4.78, 5) is 23.3. The van der Waals surface area contributed by atoms with E-state index in [1.54, 1.807) is 17.4 Å². The van der Waals surface area contributed by atoms with Crippen molar-refractivity contribution in [2.24, 2.45) is 0 Å². The number of hydrogen-bond donors (Lipinski definition) is 1. The van der Waals surface area contributed by atoms with Crippen LogP contribution in [0.3, 0.4) is 0 Å². The van der Waals surface area contributed by atoms with E-state index < -0.39 is 0 Å². The normalized spacial score (nSPS) is 16.3. The third-order valence-corrected chi connectivity index (χ3v) is 6.55. The minimum Gasteiger partial charge on any atom is -0.488 e. The molecule has 148 valence electrons. The number of fused-ring (bicyclic) bond motifs is 2. The van der Waals surface area contributed by atoms with E-state index in [4.69, 9.17) is 16.3 Å². The van der Waals surface area contributed by atoms with Gasteiger partial charge < -0.3 is 9.72 Å². The number of nitrogens with one attached hydrogen (secondary N) is 1. The minimum atomic E-state index is -0.349. The van der Waals surface area contributed by atoms with Crippen LogP contribution in [-0.4, -0.2) is 34.6 Å². The first-order valence-corrected chi connectivity index (χ1v) is 10.5. The summed E-state index contributed by atoms with van der Waals surface area (Å²) in [6.07, 6.45) is 0.689. The molecule has 0 spiro atoms. The van der Waals surface area contributed by atoms with Gasteiger partial charge in [-0.2, -0.15) is 0 Å². The number of aromatic nitrogens is 2. The fourth-order valence-electron chi connectivity index (χ4n) is 3.75. The predicted octanol–water partition coefficient (Wildman–Crippen LogP) is 4.04. The lowest BCUT2D eigenvalue weighted by atomic mass is 10.0. The van der Waals surface area contributed by atoms with Gasteiger partial charge in [0.15, 0.2) is 5.82 Å². The Morgan fingerprint density at radius 1 is 1.34 bits per heavy atom. The Bertz CT molecular complexity index is 1170. The number of aromatic amines is 1. The minimum absolute atomic E-state index is 0.101. The molecule has 4 heterocycles. The summed E-state index contributed by atoms with van der Waals surface area (Å²) < 4.78 is 19.3. The van der Waals surface area contributed by atoms with E-state index in [0.29, 0.717) is 53.9 Å². The number of halogens is 2. The summed E-state index contributed by atoms with van der Waals surface area (Å²) in [6.45, 7) is 2.16. The van der Waals surface area contributed by atoms with E-state index in [-0.39, 0.29) is 11.4 Å². The number of ether oxygens (including phenoxy) is 1. The largest absolute Gasteiger partial charge is 0.488 e. The smallest absolute Gasteiger partial charge is 0.255 e. The summed E-state index contributed by atoms with van der Waals surface area (Å²) >= 11 is 8.09. The highest BCUT2D eigenvalue weighted by atomic mass is 35.5. The Labute approximate surface area is 175 Å². The number of hydrogen-bond acceptors (Lipinski definition) is 5. The van der Waals surface area contributed by atoms with E-state index >= 15 is 0 Å². The number of nitrogens with zero attached hydrogens (tertiary/aromatic N) is 2. The summed E-state index contributed by atoms with van der Waals surface area (Å²) in [5.41, 5.74) is 2.89. The van der Waals surface area contributed by atoms with Crippen LogP contribution in [0.25, 0.3) is 15.7 Å². The van der Waals surface area contributed by atoms with E-state index in [9.17, 15) is 9.18 Å². The zero-order valence-corrected chi connectivity index (χ0v) is 16.9. The molecule has 2 aromatic heterocycles. The van der Waals surface area contributed by atoms with Crippen LogP contribution < -0.4 is 10.3 Å². The number of benzene rings is 1. The van der Waals surface area contributed by atoms with Crippen molar-refractivity contribution < 1.29 is 9.13 Å². The van der Waals surface area contributed by atoms with Gasteiger partial charge in [-0.3, -0.25) is 9.69 Å². The second-order valence-corrected chi connectivity index (χ2v) is 8.45. The van der Waals surface area contributed by atoms with Crippen LogP contribution >= 0.6 is 22.9 Å². The molecule has 0 saturated heterocycles. The molecular weight excluding hydrogens is 413 g/mol. The number of thiophene rings is 1. The summed E-state index contributed by atoms with van der Waals surface area (Å²) in [6, 6.07) is 8.23. The molecule has 0 bridgehead atoms. The summed E-state index contributed by atoms with van der Waals surface area (Å²) in [5.74, 6) is 0.867. The SMILES string of the molecule is O=c1[nH]c(-c2cccs2)nc2c1CN(CC1=C(Cl)c3cc(F)ccc3OC1)CC2. The molecule has 0 radical (unpaired) electrons. The van der Waals surface area contributed by atoms with Gasteiger partial charge in [-0.1, -0.05) is 17.7 Å². The van der Waals surface area contributed by atoms with E-state index in [2.05, 4.69) is 14.9 Å². The molecule has 2 aliphatic heterocycles. The van der Waals surface area contributed by atoms with Gasteiger partial charge in [0.1, 0.15) is 18.2 Å². The van der Waals surface area contributed by atoms with Crippen molar-refractivity contribution in [2.75, 3.05) is 19.7 Å². The van der Waals surface area contributed by atoms with Crippen LogP contribution in [-0.2, 0) is 13.0 Å². The monoisotopic (exact) mass is 429 g/mol. The molecule has 5 rings (SSSR count). The van der Waals surface area contributed by atoms with Gasteiger partial charge in [0.05, 0.1) is 21.2 Å². The van der Waals surface area contributed by atoms with Gasteiger partial charge in [0.2, 0.25) is 0 Å². The molecular formula is C21H17ClFN3O2S. The lowest BCUT2D eigenvalue weighted by molar-refractivity contribution is 0.254. The van der Waals surface area contributed by atoms with E-state index in [1.807, 2.05) is 17.5 Å². The fourth-order valence-corrected chi connectivity index (χ4v) is 4.68. The topological polar surface area (TPSA) is 58.2 Å². The van der Waals surface area contributed by atoms with Crippen molar-refractivity contribution in [3.8, 4) is 16.5 Å². The first-order chi connectivity index (χ1) is 14.1. The highest BCUT2D eigenvalue weighted by molar-refractivity contribution is 7.13. The van der Waals surface area contributed by atoms with Gasteiger partial charge in [-0.15, -0.1) is 11.3 Å². The Morgan fingerprint density at radius 3 is 3.07 bits per heavy atom. The maximum atomic E-state index is 13.6. The third-order valence-electron chi connectivity index (χ3n) is 5.21. The third kappa shape index (κ3) is 3.50. The second kappa shape index (κ2) is 7.40. The molecule has 1 aromatic carbocycles. The number of H-pyrrole nitrogens is 1. The first-order valence-electron chi connectivity index (χ1n) is 9.27. The van der Waals surface area contributed by atoms with Gasteiger partial charge in [0.25, 0.3) is 5.56 Å². The zero-order valence-electron chi connectivity index (χ0n) is 15.4. The molecule has 0 aliphatic carbocycles. The van der Waals surface area contributed by atoms with Crippen LogP contribution in [0, 0.1) is 5.82 Å². The van der Waals surface area contributed by atoms with Gasteiger partial charge >= 0.3 is 0 Å². The molecule has 0 amide bonds. The molecule has 3 aromatic rings. The van der Waals surface area contributed by atoms with Gasteiger partial charge in [-0.25, -0.2) is 9.37 Å². The molecule has 29 heavy (non-hydrogen) atoms. The Hall–Kier alpha value is -2.48. The molecule has 2 aliphatic rings. The lowest BCUT2D eigenvalue weighted by Gasteiger charge is -2.30. The molecule has 0 unspecified atom stereocenters. The quantitative estimate of drug-likeness (QED) is 0.682. The maximum Gasteiger partial charge on any atom is 0.255 e. The van der Waals surface area contributed by atoms with Crippen molar-refractivity contribution in [3.05, 3.63) is 74.3 Å². The first kappa shape index (κ1) is 18.5. The van der Waals surface area contributed by atoms with E-state index in [0.717, 1.165) is 22.7 Å². The molecule has 0 atom stereocenters. The summed E-state index contributed by atoms with van der Waals surface area (Å²) in [7, 11) is 0. The summed E-state index contributed by atoms with van der Waals surface area (Å²) in [5, 5.41) is 2.49. The molecule has 8 heteroatoms. The van der Waals surface area contributed by atoms with Crippen molar-refractivity contribution in [1.29, 1.82) is 0 Å². The average molecular weight is 430 g/mol. The van der Waals surface area contributed by atoms with Crippen LogP contribution in [0.5, 0.6) is 5.75 Å². The molecule has 0 saturated carbocycles. The molecule has 0 fully saturated rings. The zero-order chi connectivity index (χ0) is 20.0. The highest BCUT2D eigenvalue weighted by Crippen LogP contribution is 2.36. The second-order valence-electron chi connectivity index (χ2n) is 7.12. The fraction of sp³-hybridized carbons (Fsp3) is 0.238. The Kier molecular flexibility index (Phi) is 4.73. The van der Waals surface area contributed by atoms with E-state index in [1.165, 1.54) is 12.1 Å². The number of rotatable bonds is 3. The lowest BCUT2D eigenvalue weighted by Crippen LogP contribution is -2.37. The Morgan fingerprint density at radius 2 is 2.24 bits per heavy atom. The maximum absolute atomic E-state index is 13.6. The molecule has 5 nitrogen and oxygen atoms in total. The van der Waals surface area contributed by atoms with Crippen molar-refractivity contribution >= 4 is 28.0 Å². The van der Waals surface area contributed by atoms with Crippen LogP contribution in [0.1, 0.15) is 16.8 Å². The Balaban J connectivity index is 1.39. The predicted molar refractivity (Wildman–Crippen MR) is 112 cm³/mol. The van der Waals surface area contributed by atoms with Crippen molar-refractivity contribution in [2.45, 2.75) is 13.0 Å². The van der Waals surface area contributed by atoms with Crippen LogP contribution in [0.4, 0.5) is 4.39 Å². The average Bonchev–Trinajstić information content (AvgIpc) is 3.26.